The number of thioether (sulfide) groups is 1. The summed E-state index contributed by atoms with van der Waals surface area (Å²) in [7, 11) is 0. The molecule has 1 heterocycles. The Morgan fingerprint density at radius 1 is 1.40 bits per heavy atom. The summed E-state index contributed by atoms with van der Waals surface area (Å²) >= 11 is 2.08. The van der Waals surface area contributed by atoms with Crippen LogP contribution in [0.3, 0.4) is 0 Å². The molecule has 2 unspecified atom stereocenters. The van der Waals surface area contributed by atoms with Crippen molar-refractivity contribution in [3.63, 3.8) is 0 Å². The number of hydrogen-bond acceptors (Lipinski definition) is 3. The third-order valence-corrected chi connectivity index (χ3v) is 4.25. The van der Waals surface area contributed by atoms with Crippen molar-refractivity contribution >= 4 is 11.8 Å². The predicted octanol–water partition coefficient (Wildman–Crippen LogP) is 2.39. The fourth-order valence-corrected chi connectivity index (χ4v) is 3.18. The molecular formula is C12H25NOS. The highest BCUT2D eigenvalue weighted by molar-refractivity contribution is 7.99. The van der Waals surface area contributed by atoms with Gasteiger partial charge in [-0.3, -0.25) is 0 Å². The van der Waals surface area contributed by atoms with Crippen LogP contribution in [0, 0.1) is 11.8 Å². The molecule has 90 valence electrons. The van der Waals surface area contributed by atoms with Gasteiger partial charge in [-0.05, 0) is 24.6 Å². The molecule has 1 aliphatic heterocycles. The van der Waals surface area contributed by atoms with Crippen LogP contribution in [0.2, 0.25) is 0 Å². The van der Waals surface area contributed by atoms with Crippen molar-refractivity contribution in [2.75, 3.05) is 31.3 Å². The van der Waals surface area contributed by atoms with Crippen molar-refractivity contribution < 1.29 is 4.74 Å². The molecular weight excluding hydrogens is 206 g/mol. The first-order valence-electron chi connectivity index (χ1n) is 6.13. The zero-order valence-corrected chi connectivity index (χ0v) is 11.1. The summed E-state index contributed by atoms with van der Waals surface area (Å²) in [5.41, 5.74) is 0. The van der Waals surface area contributed by atoms with Gasteiger partial charge in [0.15, 0.2) is 0 Å². The molecule has 0 amide bonds. The van der Waals surface area contributed by atoms with Gasteiger partial charge >= 0.3 is 0 Å². The van der Waals surface area contributed by atoms with E-state index in [1.54, 1.807) is 0 Å². The quantitative estimate of drug-likeness (QED) is 0.727. The van der Waals surface area contributed by atoms with Gasteiger partial charge < -0.3 is 10.1 Å². The average Bonchev–Trinajstić information content (AvgIpc) is 2.68. The summed E-state index contributed by atoms with van der Waals surface area (Å²) < 4.78 is 5.46. The molecule has 0 radical (unpaired) electrons. The molecule has 1 fully saturated rings. The van der Waals surface area contributed by atoms with Crippen LogP contribution >= 0.6 is 11.8 Å². The van der Waals surface area contributed by atoms with Crippen LogP contribution in [-0.4, -0.2) is 37.3 Å². The molecule has 2 nitrogen and oxygen atoms in total. The maximum atomic E-state index is 5.46. The molecule has 1 N–H and O–H groups in total. The van der Waals surface area contributed by atoms with E-state index in [9.17, 15) is 0 Å². The van der Waals surface area contributed by atoms with Crippen LogP contribution in [0.1, 0.15) is 27.2 Å². The van der Waals surface area contributed by atoms with Crippen molar-refractivity contribution in [2.24, 2.45) is 11.8 Å². The Kier molecular flexibility index (Phi) is 6.69. The van der Waals surface area contributed by atoms with Crippen molar-refractivity contribution in [1.29, 1.82) is 0 Å². The van der Waals surface area contributed by atoms with Crippen molar-refractivity contribution in [3.8, 4) is 0 Å². The third-order valence-electron chi connectivity index (χ3n) is 2.75. The van der Waals surface area contributed by atoms with Gasteiger partial charge in [-0.2, -0.15) is 11.8 Å². The van der Waals surface area contributed by atoms with E-state index < -0.39 is 0 Å². The number of hydrogen-bond donors (Lipinski definition) is 1. The number of nitrogens with one attached hydrogen (secondary N) is 1. The molecule has 0 aromatic rings. The summed E-state index contributed by atoms with van der Waals surface area (Å²) in [6.07, 6.45) is 1.24. The lowest BCUT2D eigenvalue weighted by Gasteiger charge is -2.23. The fraction of sp³-hybridized carbons (Fsp3) is 1.00. The topological polar surface area (TPSA) is 21.3 Å². The van der Waals surface area contributed by atoms with Gasteiger partial charge in [0.25, 0.3) is 0 Å². The number of rotatable bonds is 7. The van der Waals surface area contributed by atoms with E-state index in [1.165, 1.54) is 17.9 Å². The predicted molar refractivity (Wildman–Crippen MR) is 68.6 cm³/mol. The standard InChI is InChI=1S/C12H25NOS/c1-4-13-12(9-15-8-10(2)3)11-5-6-14-7-11/h10-13H,4-9H2,1-3H3. The normalized spacial score (nSPS) is 23.6. The lowest BCUT2D eigenvalue weighted by Crippen LogP contribution is -2.38. The van der Waals surface area contributed by atoms with Crippen LogP contribution in [0.4, 0.5) is 0 Å². The Labute approximate surface area is 98.5 Å². The van der Waals surface area contributed by atoms with Crippen LogP contribution in [0.25, 0.3) is 0 Å². The Hall–Kier alpha value is 0.270. The van der Waals surface area contributed by atoms with Crippen LogP contribution in [-0.2, 0) is 4.74 Å². The summed E-state index contributed by atoms with van der Waals surface area (Å²) in [4.78, 5) is 0. The highest BCUT2D eigenvalue weighted by atomic mass is 32.2. The molecule has 0 saturated carbocycles. The van der Waals surface area contributed by atoms with Gasteiger partial charge in [0.05, 0.1) is 6.61 Å². The average molecular weight is 231 g/mol. The Morgan fingerprint density at radius 2 is 2.20 bits per heavy atom. The van der Waals surface area contributed by atoms with Crippen LogP contribution in [0.15, 0.2) is 0 Å². The third kappa shape index (κ3) is 5.23. The van der Waals surface area contributed by atoms with Gasteiger partial charge in [-0.15, -0.1) is 0 Å². The second-order valence-corrected chi connectivity index (χ2v) is 5.79. The van der Waals surface area contributed by atoms with E-state index in [1.807, 2.05) is 0 Å². The van der Waals surface area contributed by atoms with E-state index in [-0.39, 0.29) is 0 Å². The molecule has 2 atom stereocenters. The first kappa shape index (κ1) is 13.3. The molecule has 0 aromatic heterocycles. The highest BCUT2D eigenvalue weighted by Crippen LogP contribution is 2.20. The minimum absolute atomic E-state index is 0.654. The summed E-state index contributed by atoms with van der Waals surface area (Å²) in [5, 5.41) is 3.60. The van der Waals surface area contributed by atoms with Gasteiger partial charge in [0.1, 0.15) is 0 Å². The number of ether oxygens (including phenoxy) is 1. The molecule has 0 aliphatic carbocycles. The Morgan fingerprint density at radius 3 is 2.73 bits per heavy atom. The highest BCUT2D eigenvalue weighted by Gasteiger charge is 2.24. The summed E-state index contributed by atoms with van der Waals surface area (Å²) in [5.74, 6) is 4.05. The van der Waals surface area contributed by atoms with Crippen LogP contribution < -0.4 is 5.32 Å². The second kappa shape index (κ2) is 7.53. The summed E-state index contributed by atoms with van der Waals surface area (Å²) in [6.45, 7) is 9.75. The minimum Gasteiger partial charge on any atom is -0.381 e. The van der Waals surface area contributed by atoms with E-state index in [2.05, 4.69) is 37.8 Å². The minimum atomic E-state index is 0.654. The molecule has 1 rings (SSSR count). The monoisotopic (exact) mass is 231 g/mol. The molecule has 1 aliphatic rings. The first-order chi connectivity index (χ1) is 7.24. The molecule has 1 saturated heterocycles. The Bertz CT molecular complexity index is 158. The van der Waals surface area contributed by atoms with E-state index in [0.717, 1.165) is 31.6 Å². The maximum Gasteiger partial charge on any atom is 0.0510 e. The molecule has 3 heteroatoms. The fourth-order valence-electron chi connectivity index (χ4n) is 1.92. The smallest absolute Gasteiger partial charge is 0.0510 e. The zero-order chi connectivity index (χ0) is 11.1. The van der Waals surface area contributed by atoms with Gasteiger partial charge in [0.2, 0.25) is 0 Å². The zero-order valence-electron chi connectivity index (χ0n) is 10.3. The molecule has 0 spiro atoms. The SMILES string of the molecule is CCNC(CSCC(C)C)C1CCOC1. The van der Waals surface area contributed by atoms with E-state index >= 15 is 0 Å². The lowest BCUT2D eigenvalue weighted by atomic mass is 10.0. The van der Waals surface area contributed by atoms with Crippen molar-refractivity contribution in [3.05, 3.63) is 0 Å². The largest absolute Gasteiger partial charge is 0.381 e. The van der Waals surface area contributed by atoms with Crippen LogP contribution in [0.5, 0.6) is 0 Å². The van der Waals surface area contributed by atoms with Gasteiger partial charge in [0, 0.05) is 24.3 Å². The van der Waals surface area contributed by atoms with E-state index in [4.69, 9.17) is 4.74 Å². The van der Waals surface area contributed by atoms with Gasteiger partial charge in [-0.1, -0.05) is 20.8 Å². The van der Waals surface area contributed by atoms with E-state index in [0.29, 0.717) is 6.04 Å². The summed E-state index contributed by atoms with van der Waals surface area (Å²) in [6, 6.07) is 0.654. The van der Waals surface area contributed by atoms with Gasteiger partial charge in [-0.25, -0.2) is 0 Å². The second-order valence-electron chi connectivity index (χ2n) is 4.72. The maximum absolute atomic E-state index is 5.46. The lowest BCUT2D eigenvalue weighted by molar-refractivity contribution is 0.179. The first-order valence-corrected chi connectivity index (χ1v) is 7.28. The molecule has 0 aromatic carbocycles. The molecule has 0 bridgehead atoms. The van der Waals surface area contributed by atoms with Crippen molar-refractivity contribution in [1.82, 2.24) is 5.32 Å². The Balaban J connectivity index is 2.23. The van der Waals surface area contributed by atoms with Crippen molar-refractivity contribution in [2.45, 2.75) is 33.2 Å². The molecule has 15 heavy (non-hydrogen) atoms.